The molecule has 0 radical (unpaired) electrons. The fourth-order valence-corrected chi connectivity index (χ4v) is 5.79. The molecular formula is C39H55FN2O. The summed E-state index contributed by atoms with van der Waals surface area (Å²) in [6.07, 6.45) is 24.3. The number of hydrogen-bond donors (Lipinski definition) is 0. The van der Waals surface area contributed by atoms with Crippen molar-refractivity contribution in [2.24, 2.45) is 10.8 Å². The van der Waals surface area contributed by atoms with Crippen LogP contribution in [0.3, 0.4) is 0 Å². The highest BCUT2D eigenvalue weighted by Gasteiger charge is 2.47. The van der Waals surface area contributed by atoms with E-state index in [-0.39, 0.29) is 10.8 Å². The maximum atomic E-state index is 11.7. The second-order valence-electron chi connectivity index (χ2n) is 13.0. The van der Waals surface area contributed by atoms with Crippen molar-refractivity contribution in [1.29, 1.82) is 0 Å². The van der Waals surface area contributed by atoms with Crippen LogP contribution in [-0.2, 0) is 4.74 Å². The van der Waals surface area contributed by atoms with E-state index in [1.807, 2.05) is 6.92 Å². The van der Waals surface area contributed by atoms with Gasteiger partial charge in [-0.1, -0.05) is 110 Å². The van der Waals surface area contributed by atoms with Crippen LogP contribution in [0.4, 0.5) is 4.39 Å². The fourth-order valence-electron chi connectivity index (χ4n) is 5.79. The highest BCUT2D eigenvalue weighted by molar-refractivity contribution is 5.65. The molecule has 0 saturated carbocycles. The minimum Gasteiger partial charge on any atom is -0.494 e. The normalized spacial score (nSPS) is 25.9. The summed E-state index contributed by atoms with van der Waals surface area (Å²) >= 11 is 0. The number of piperazine rings is 1. The largest absolute Gasteiger partial charge is 0.494 e. The summed E-state index contributed by atoms with van der Waals surface area (Å²) in [4.78, 5) is 4.94. The average molecular weight is 587 g/mol. The highest BCUT2D eigenvalue weighted by atomic mass is 19.1. The molecule has 0 N–H and O–H groups in total. The lowest BCUT2D eigenvalue weighted by Gasteiger charge is -2.53. The molecule has 3 atom stereocenters. The second-order valence-corrected chi connectivity index (χ2v) is 13.0. The third-order valence-electron chi connectivity index (χ3n) is 8.71. The molecule has 5 rings (SSSR count). The Bertz CT molecular complexity index is 1290. The zero-order chi connectivity index (χ0) is 31.9. The van der Waals surface area contributed by atoms with Gasteiger partial charge in [0.2, 0.25) is 0 Å². The van der Waals surface area contributed by atoms with Gasteiger partial charge in [-0.15, -0.1) is 6.58 Å². The van der Waals surface area contributed by atoms with Gasteiger partial charge in [-0.05, 0) is 60.0 Å². The first-order chi connectivity index (χ1) is 20.4. The van der Waals surface area contributed by atoms with Gasteiger partial charge in [-0.2, -0.15) is 0 Å². The van der Waals surface area contributed by atoms with Crippen LogP contribution in [0.15, 0.2) is 120 Å². The number of likely N-dealkylation sites (N-methyl/N-ethyl adjacent to an activating group) is 1. The van der Waals surface area contributed by atoms with E-state index < -0.39 is 6.17 Å². The van der Waals surface area contributed by atoms with Crippen molar-refractivity contribution in [2.75, 3.05) is 20.2 Å². The summed E-state index contributed by atoms with van der Waals surface area (Å²) in [5, 5.41) is 0. The number of fused-ring (bicyclic) bond motifs is 1. The molecule has 0 aromatic rings. The molecule has 234 valence electrons. The molecule has 0 bridgehead atoms. The zero-order valence-electron chi connectivity index (χ0n) is 28.1. The van der Waals surface area contributed by atoms with Crippen LogP contribution in [0, 0.1) is 10.8 Å². The second kappa shape index (κ2) is 14.5. The van der Waals surface area contributed by atoms with Crippen molar-refractivity contribution in [3.8, 4) is 0 Å². The number of ether oxygens (including phenoxy) is 1. The van der Waals surface area contributed by atoms with Gasteiger partial charge in [-0.25, -0.2) is 4.39 Å². The predicted molar refractivity (Wildman–Crippen MR) is 183 cm³/mol. The van der Waals surface area contributed by atoms with E-state index in [0.717, 1.165) is 30.5 Å². The van der Waals surface area contributed by atoms with Crippen molar-refractivity contribution in [3.63, 3.8) is 0 Å². The van der Waals surface area contributed by atoms with Gasteiger partial charge in [0.1, 0.15) is 11.9 Å². The molecule has 5 aliphatic rings. The molecule has 1 spiro atoms. The van der Waals surface area contributed by atoms with Gasteiger partial charge in [0.25, 0.3) is 0 Å². The number of hydrogen-bond acceptors (Lipinski definition) is 3. The van der Waals surface area contributed by atoms with Crippen molar-refractivity contribution in [3.05, 3.63) is 120 Å². The number of halogens is 1. The van der Waals surface area contributed by atoms with E-state index in [4.69, 9.17) is 4.74 Å². The van der Waals surface area contributed by atoms with Crippen LogP contribution in [0.1, 0.15) is 80.6 Å². The van der Waals surface area contributed by atoms with Gasteiger partial charge >= 0.3 is 0 Å². The van der Waals surface area contributed by atoms with Gasteiger partial charge in [0.05, 0.1) is 24.0 Å². The molecule has 3 aliphatic carbocycles. The number of alkyl halides is 1. The predicted octanol–water partition coefficient (Wildman–Crippen LogP) is 10.3. The third kappa shape index (κ3) is 7.45. The van der Waals surface area contributed by atoms with Crippen molar-refractivity contribution in [2.45, 2.75) is 92.8 Å². The summed E-state index contributed by atoms with van der Waals surface area (Å²) in [5.41, 5.74) is 8.94. The lowest BCUT2D eigenvalue weighted by molar-refractivity contribution is 0.111. The molecular weight excluding hydrogens is 531 g/mol. The van der Waals surface area contributed by atoms with E-state index in [1.54, 1.807) is 6.92 Å². The summed E-state index contributed by atoms with van der Waals surface area (Å²) in [6.45, 7) is 28.5. The maximum absolute atomic E-state index is 11.7. The smallest absolute Gasteiger partial charge is 0.121 e. The Labute approximate surface area is 261 Å². The van der Waals surface area contributed by atoms with Crippen molar-refractivity contribution < 1.29 is 9.13 Å². The molecule has 0 amide bonds. The monoisotopic (exact) mass is 586 g/mol. The van der Waals surface area contributed by atoms with E-state index in [2.05, 4.69) is 120 Å². The quantitative estimate of drug-likeness (QED) is 0.218. The highest BCUT2D eigenvalue weighted by Crippen LogP contribution is 2.57. The Kier molecular flexibility index (Phi) is 11.5. The van der Waals surface area contributed by atoms with Crippen LogP contribution in [0.2, 0.25) is 0 Å². The van der Waals surface area contributed by atoms with Gasteiger partial charge in [-0.3, -0.25) is 0 Å². The minimum absolute atomic E-state index is 0.0119. The Hall–Kier alpha value is -3.27. The van der Waals surface area contributed by atoms with Crippen LogP contribution in [0.25, 0.3) is 0 Å². The first-order valence-corrected chi connectivity index (χ1v) is 16.1. The molecule has 3 unspecified atom stereocenters. The minimum atomic E-state index is -0.801. The van der Waals surface area contributed by atoms with Gasteiger partial charge in [0.15, 0.2) is 0 Å². The molecule has 1 fully saturated rings. The van der Waals surface area contributed by atoms with Crippen LogP contribution in [-0.4, -0.2) is 42.2 Å². The maximum Gasteiger partial charge on any atom is 0.121 e. The van der Waals surface area contributed by atoms with Gasteiger partial charge < -0.3 is 14.5 Å². The Morgan fingerprint density at radius 3 is 2.30 bits per heavy atom. The first kappa shape index (κ1) is 34.2. The molecule has 43 heavy (non-hydrogen) atoms. The topological polar surface area (TPSA) is 15.7 Å². The summed E-state index contributed by atoms with van der Waals surface area (Å²) < 4.78 is 17.5. The standard InChI is InChI=1S/C30H36N2O.C5H9F.C4H10/c1-8-33-21(3)23-18-32-26(17-20(23)2)28(31(7)19-27(32)29(4,5)6)25-12-9-11-24(22-13-14-22)30(25)15-10-16-30;1-3-5(6)4-2;1-3-4-2/h9-13,15,17-18,27H,2-3,8,14,16,19H2,1,4-7H3;3,5H,1,4H2,2H3;3-4H2,1-2H3/b28-25-;;. The van der Waals surface area contributed by atoms with E-state index in [1.165, 1.54) is 47.0 Å². The molecule has 2 aliphatic heterocycles. The van der Waals surface area contributed by atoms with Gasteiger partial charge in [0, 0.05) is 30.8 Å². The molecule has 1 saturated heterocycles. The van der Waals surface area contributed by atoms with Crippen molar-refractivity contribution >= 4 is 0 Å². The van der Waals surface area contributed by atoms with E-state index in [9.17, 15) is 4.39 Å². The lowest BCUT2D eigenvalue weighted by atomic mass is 9.61. The Morgan fingerprint density at radius 2 is 1.86 bits per heavy atom. The third-order valence-corrected chi connectivity index (χ3v) is 8.71. The lowest BCUT2D eigenvalue weighted by Crippen LogP contribution is -2.54. The molecule has 0 aromatic heterocycles. The summed E-state index contributed by atoms with van der Waals surface area (Å²) in [6, 6.07) is 0.317. The number of allylic oxidation sites excluding steroid dienone is 12. The first-order valence-electron chi connectivity index (χ1n) is 16.1. The van der Waals surface area contributed by atoms with Crippen LogP contribution < -0.4 is 0 Å². The number of unbranched alkanes of at least 4 members (excludes halogenated alkanes) is 1. The molecule has 2 heterocycles. The van der Waals surface area contributed by atoms with E-state index in [0.29, 0.717) is 24.8 Å². The fraction of sp³-hybridized carbons (Fsp3) is 0.487. The SMILES string of the molecule is C=C1C=C2/C(=C3\C=CC=C(C4=CC4)C34C=CC4)N(C)CC(C(C)(C)C)N2C=C1C(=C)OCC.C=CC(F)CC.CCCC. The zero-order valence-corrected chi connectivity index (χ0v) is 28.1. The molecule has 3 nitrogen and oxygen atoms in total. The van der Waals surface area contributed by atoms with Crippen LogP contribution in [0.5, 0.6) is 0 Å². The molecule has 0 aromatic carbocycles. The Morgan fingerprint density at radius 1 is 1.21 bits per heavy atom. The Balaban J connectivity index is 0.000000440. The van der Waals surface area contributed by atoms with E-state index >= 15 is 0 Å². The number of nitrogens with zero attached hydrogens (tertiary/aromatic N) is 2. The number of rotatable bonds is 7. The van der Waals surface area contributed by atoms with Crippen LogP contribution >= 0.6 is 0 Å². The summed E-state index contributed by atoms with van der Waals surface area (Å²) in [5.74, 6) is 0.695. The summed E-state index contributed by atoms with van der Waals surface area (Å²) in [7, 11) is 2.25. The van der Waals surface area contributed by atoms with Crippen molar-refractivity contribution in [1.82, 2.24) is 9.80 Å². The average Bonchev–Trinajstić information content (AvgIpc) is 3.80. The molecule has 4 heteroatoms.